The molecule has 2 saturated heterocycles. The number of nitrogens with zero attached hydrogens (tertiary/aromatic N) is 2. The van der Waals surface area contributed by atoms with E-state index < -0.39 is 10.2 Å². The maximum Gasteiger partial charge on any atom is 0.282 e. The quantitative estimate of drug-likeness (QED) is 0.701. The van der Waals surface area contributed by atoms with Gasteiger partial charge >= 0.3 is 0 Å². The standard InChI is InChI=1S/C10H19BrN2O3S/c1-9-2-3-13(8-10(9)11)17(14,15)12-4-6-16-7-5-12/h9-10H,2-8H2,1H3. The summed E-state index contributed by atoms with van der Waals surface area (Å²) in [6.45, 7) is 5.30. The second-order valence-corrected chi connectivity index (χ2v) is 7.76. The minimum Gasteiger partial charge on any atom is -0.379 e. The molecule has 0 aromatic heterocycles. The van der Waals surface area contributed by atoms with Crippen LogP contribution in [0.5, 0.6) is 0 Å². The summed E-state index contributed by atoms with van der Waals surface area (Å²) in [6, 6.07) is 0. The number of rotatable bonds is 2. The number of morpholine rings is 1. The molecule has 2 fully saturated rings. The Morgan fingerprint density at radius 3 is 2.41 bits per heavy atom. The molecule has 2 heterocycles. The average molecular weight is 327 g/mol. The van der Waals surface area contributed by atoms with E-state index in [0.717, 1.165) is 6.42 Å². The first kappa shape index (κ1) is 13.7. The maximum atomic E-state index is 12.4. The van der Waals surface area contributed by atoms with Crippen molar-refractivity contribution in [1.29, 1.82) is 0 Å². The summed E-state index contributed by atoms with van der Waals surface area (Å²) >= 11 is 3.56. The van der Waals surface area contributed by atoms with Crippen LogP contribution in [0.2, 0.25) is 0 Å². The normalized spacial score (nSPS) is 33.8. The van der Waals surface area contributed by atoms with E-state index in [-0.39, 0.29) is 4.83 Å². The molecule has 2 atom stereocenters. The third-order valence-electron chi connectivity index (χ3n) is 3.45. The molecule has 100 valence electrons. The highest BCUT2D eigenvalue weighted by molar-refractivity contribution is 9.09. The number of hydrogen-bond acceptors (Lipinski definition) is 3. The summed E-state index contributed by atoms with van der Waals surface area (Å²) in [5, 5.41) is 0. The van der Waals surface area contributed by atoms with Gasteiger partial charge in [0.05, 0.1) is 13.2 Å². The van der Waals surface area contributed by atoms with Crippen molar-refractivity contribution in [2.75, 3.05) is 39.4 Å². The SMILES string of the molecule is CC1CCN(S(=O)(=O)N2CCOCC2)CC1Br. The van der Waals surface area contributed by atoms with Gasteiger partial charge in [-0.2, -0.15) is 17.0 Å². The third-order valence-corrected chi connectivity index (χ3v) is 6.65. The first-order valence-corrected chi connectivity index (χ1v) is 8.30. The van der Waals surface area contributed by atoms with Gasteiger partial charge in [0.2, 0.25) is 0 Å². The van der Waals surface area contributed by atoms with Gasteiger partial charge < -0.3 is 4.74 Å². The van der Waals surface area contributed by atoms with E-state index in [9.17, 15) is 8.42 Å². The molecule has 0 aromatic carbocycles. The highest BCUT2D eigenvalue weighted by Crippen LogP contribution is 2.26. The Kier molecular flexibility index (Phi) is 4.46. The first-order chi connectivity index (χ1) is 8.01. The molecule has 7 heteroatoms. The number of ether oxygens (including phenoxy) is 1. The lowest BCUT2D eigenvalue weighted by Gasteiger charge is -2.37. The molecule has 0 saturated carbocycles. The van der Waals surface area contributed by atoms with Crippen molar-refractivity contribution in [3.05, 3.63) is 0 Å². The minimum atomic E-state index is -3.28. The van der Waals surface area contributed by atoms with E-state index in [1.165, 1.54) is 4.31 Å². The molecule has 2 aliphatic heterocycles. The van der Waals surface area contributed by atoms with Crippen molar-refractivity contribution in [2.24, 2.45) is 5.92 Å². The Labute approximate surface area is 111 Å². The topological polar surface area (TPSA) is 49.9 Å². The Hall–Kier alpha value is 0.310. The van der Waals surface area contributed by atoms with Crippen molar-refractivity contribution >= 4 is 26.1 Å². The highest BCUT2D eigenvalue weighted by Gasteiger charge is 2.35. The molecular weight excluding hydrogens is 308 g/mol. The van der Waals surface area contributed by atoms with Crippen LogP contribution < -0.4 is 0 Å². The van der Waals surface area contributed by atoms with Crippen LogP contribution in [0.15, 0.2) is 0 Å². The van der Waals surface area contributed by atoms with Gasteiger partial charge in [-0.05, 0) is 12.3 Å². The summed E-state index contributed by atoms with van der Waals surface area (Å²) in [4.78, 5) is 0.257. The van der Waals surface area contributed by atoms with Gasteiger partial charge in [0.1, 0.15) is 0 Å². The van der Waals surface area contributed by atoms with Crippen molar-refractivity contribution < 1.29 is 13.2 Å². The first-order valence-electron chi connectivity index (χ1n) is 5.99. The Bertz CT molecular complexity index is 357. The molecule has 0 spiro atoms. The molecule has 0 N–H and O–H groups in total. The molecule has 0 aliphatic carbocycles. The van der Waals surface area contributed by atoms with Gasteiger partial charge in [-0.3, -0.25) is 0 Å². The molecular formula is C10H19BrN2O3S. The van der Waals surface area contributed by atoms with E-state index in [1.807, 2.05) is 0 Å². The molecule has 2 rings (SSSR count). The van der Waals surface area contributed by atoms with Gasteiger partial charge in [-0.25, -0.2) is 0 Å². The third kappa shape index (κ3) is 3.01. The number of hydrogen-bond donors (Lipinski definition) is 0. The van der Waals surface area contributed by atoms with Crippen LogP contribution in [0.3, 0.4) is 0 Å². The maximum absolute atomic E-state index is 12.4. The molecule has 5 nitrogen and oxygen atoms in total. The zero-order chi connectivity index (χ0) is 12.5. The highest BCUT2D eigenvalue weighted by atomic mass is 79.9. The second kappa shape index (κ2) is 5.52. The smallest absolute Gasteiger partial charge is 0.282 e. The van der Waals surface area contributed by atoms with Crippen molar-refractivity contribution in [3.63, 3.8) is 0 Å². The van der Waals surface area contributed by atoms with Crippen LogP contribution in [0.4, 0.5) is 0 Å². The van der Waals surface area contributed by atoms with Crippen LogP contribution >= 0.6 is 15.9 Å². The Morgan fingerprint density at radius 2 is 1.82 bits per heavy atom. The van der Waals surface area contributed by atoms with Crippen LogP contribution in [-0.2, 0) is 14.9 Å². The fourth-order valence-corrected chi connectivity index (χ4v) is 4.57. The van der Waals surface area contributed by atoms with Gasteiger partial charge in [-0.15, -0.1) is 0 Å². The number of alkyl halides is 1. The zero-order valence-electron chi connectivity index (χ0n) is 10.0. The van der Waals surface area contributed by atoms with E-state index in [0.29, 0.717) is 45.3 Å². The number of piperidine rings is 1. The lowest BCUT2D eigenvalue weighted by molar-refractivity contribution is 0.0695. The van der Waals surface area contributed by atoms with Crippen LogP contribution in [-0.4, -0.2) is 61.2 Å². The molecule has 0 amide bonds. The average Bonchev–Trinajstić information content (AvgIpc) is 2.33. The molecule has 2 aliphatic rings. The molecule has 17 heavy (non-hydrogen) atoms. The van der Waals surface area contributed by atoms with Gasteiger partial charge in [0, 0.05) is 31.0 Å². The van der Waals surface area contributed by atoms with Gasteiger partial charge in [0.15, 0.2) is 0 Å². The monoisotopic (exact) mass is 326 g/mol. The minimum absolute atomic E-state index is 0.257. The van der Waals surface area contributed by atoms with Crippen LogP contribution in [0.1, 0.15) is 13.3 Å². The van der Waals surface area contributed by atoms with Crippen LogP contribution in [0, 0.1) is 5.92 Å². The van der Waals surface area contributed by atoms with E-state index >= 15 is 0 Å². The van der Waals surface area contributed by atoms with E-state index in [1.54, 1.807) is 4.31 Å². The summed E-state index contributed by atoms with van der Waals surface area (Å²) < 4.78 is 33.1. The molecule has 0 radical (unpaired) electrons. The predicted molar refractivity (Wildman–Crippen MR) is 69.4 cm³/mol. The van der Waals surface area contributed by atoms with Gasteiger partial charge in [-0.1, -0.05) is 22.9 Å². The molecule has 2 unspecified atom stereocenters. The largest absolute Gasteiger partial charge is 0.379 e. The summed E-state index contributed by atoms with van der Waals surface area (Å²) in [5.74, 6) is 0.533. The Morgan fingerprint density at radius 1 is 1.18 bits per heavy atom. The molecule has 0 aromatic rings. The lowest BCUT2D eigenvalue weighted by atomic mass is 10.0. The van der Waals surface area contributed by atoms with Crippen molar-refractivity contribution in [3.8, 4) is 0 Å². The summed E-state index contributed by atoms with van der Waals surface area (Å²) in [5.41, 5.74) is 0. The van der Waals surface area contributed by atoms with E-state index in [4.69, 9.17) is 4.74 Å². The fourth-order valence-electron chi connectivity index (χ4n) is 2.14. The van der Waals surface area contributed by atoms with E-state index in [2.05, 4.69) is 22.9 Å². The summed E-state index contributed by atoms with van der Waals surface area (Å²) in [6.07, 6.45) is 0.916. The number of halogens is 1. The van der Waals surface area contributed by atoms with Crippen molar-refractivity contribution in [2.45, 2.75) is 18.2 Å². The lowest BCUT2D eigenvalue weighted by Crippen LogP contribution is -2.52. The van der Waals surface area contributed by atoms with Crippen LogP contribution in [0.25, 0.3) is 0 Å². The predicted octanol–water partition coefficient (Wildman–Crippen LogP) is 0.669. The Balaban J connectivity index is 2.04. The second-order valence-electron chi connectivity index (χ2n) is 4.66. The van der Waals surface area contributed by atoms with Crippen molar-refractivity contribution in [1.82, 2.24) is 8.61 Å². The van der Waals surface area contributed by atoms with Gasteiger partial charge in [0.25, 0.3) is 10.2 Å². The fraction of sp³-hybridized carbons (Fsp3) is 1.00. The summed E-state index contributed by atoms with van der Waals surface area (Å²) in [7, 11) is -3.28. The zero-order valence-corrected chi connectivity index (χ0v) is 12.4. The molecule has 0 bridgehead atoms.